The summed E-state index contributed by atoms with van der Waals surface area (Å²) in [7, 11) is 1.66. The molecule has 2 amide bonds. The van der Waals surface area contributed by atoms with Crippen LogP contribution in [-0.4, -0.2) is 55.0 Å². The zero-order valence-electron chi connectivity index (χ0n) is 19.4. The maximum absolute atomic E-state index is 12.8. The Kier molecular flexibility index (Phi) is 7.59. The second-order valence-electron chi connectivity index (χ2n) is 7.94. The first-order valence-corrected chi connectivity index (χ1v) is 12.1. The average molecular weight is 477 g/mol. The van der Waals surface area contributed by atoms with Gasteiger partial charge in [0.1, 0.15) is 5.75 Å². The van der Waals surface area contributed by atoms with Crippen LogP contribution in [0.4, 0.5) is 16.5 Å². The fourth-order valence-corrected chi connectivity index (χ4v) is 4.77. The predicted octanol–water partition coefficient (Wildman–Crippen LogP) is 4.59. The maximum atomic E-state index is 12.8. The van der Waals surface area contributed by atoms with Gasteiger partial charge < -0.3 is 14.5 Å². The normalized spacial score (nSPS) is 14.2. The number of anilines is 3. The summed E-state index contributed by atoms with van der Waals surface area (Å²) in [6.07, 6.45) is 4.19. The first-order valence-electron chi connectivity index (χ1n) is 11.2. The van der Waals surface area contributed by atoms with Gasteiger partial charge in [0.2, 0.25) is 11.8 Å². The molecule has 4 rings (SSSR count). The van der Waals surface area contributed by atoms with E-state index in [0.717, 1.165) is 36.6 Å². The van der Waals surface area contributed by atoms with Gasteiger partial charge in [-0.1, -0.05) is 18.2 Å². The van der Waals surface area contributed by atoms with Gasteiger partial charge in [0.25, 0.3) is 0 Å². The van der Waals surface area contributed by atoms with Gasteiger partial charge in [-0.15, -0.1) is 11.3 Å². The number of hydrogen-bond acceptors (Lipinski definition) is 6. The van der Waals surface area contributed by atoms with Crippen molar-refractivity contribution in [1.82, 2.24) is 9.88 Å². The number of methoxy groups -OCH3 is 1. The van der Waals surface area contributed by atoms with E-state index in [1.54, 1.807) is 24.2 Å². The lowest BCUT2D eigenvalue weighted by molar-refractivity contribution is -0.125. The number of aromatic nitrogens is 1. The molecule has 0 N–H and O–H groups in total. The molecule has 0 saturated carbocycles. The zero-order valence-corrected chi connectivity index (χ0v) is 20.2. The van der Waals surface area contributed by atoms with Crippen molar-refractivity contribution < 1.29 is 14.3 Å². The topological polar surface area (TPSA) is 66.0 Å². The van der Waals surface area contributed by atoms with Crippen molar-refractivity contribution in [3.05, 3.63) is 71.7 Å². The third kappa shape index (κ3) is 5.63. The maximum Gasteiger partial charge on any atom is 0.246 e. The van der Waals surface area contributed by atoms with E-state index in [0.29, 0.717) is 23.9 Å². The SMILES string of the molecule is COc1ccc(N2CCCN(C(=O)/C=C/c3csc(N(C(C)=O)c4ccccc4)n3)CC2)cc1. The smallest absolute Gasteiger partial charge is 0.246 e. The number of carbonyl (C=O) groups excluding carboxylic acids is 2. The summed E-state index contributed by atoms with van der Waals surface area (Å²) >= 11 is 1.37. The number of carbonyl (C=O) groups is 2. The molecule has 1 saturated heterocycles. The van der Waals surface area contributed by atoms with E-state index in [-0.39, 0.29) is 11.8 Å². The molecule has 7 nitrogen and oxygen atoms in total. The Morgan fingerprint density at radius 2 is 1.79 bits per heavy atom. The molecule has 0 unspecified atom stereocenters. The summed E-state index contributed by atoms with van der Waals surface area (Å²) in [5, 5.41) is 2.43. The number of para-hydroxylation sites is 1. The fourth-order valence-electron chi connectivity index (χ4n) is 3.91. The third-order valence-electron chi connectivity index (χ3n) is 5.67. The van der Waals surface area contributed by atoms with Crippen LogP contribution in [-0.2, 0) is 9.59 Å². The Hall–Kier alpha value is -3.65. The molecule has 1 aliphatic rings. The lowest BCUT2D eigenvalue weighted by Crippen LogP contribution is -2.34. The van der Waals surface area contributed by atoms with E-state index >= 15 is 0 Å². The first kappa shape index (κ1) is 23.5. The molecule has 0 spiro atoms. The van der Waals surface area contributed by atoms with Gasteiger partial charge in [-0.2, -0.15) is 0 Å². The zero-order chi connectivity index (χ0) is 23.9. The van der Waals surface area contributed by atoms with Crippen molar-refractivity contribution in [3.63, 3.8) is 0 Å². The summed E-state index contributed by atoms with van der Waals surface area (Å²) in [4.78, 5) is 35.4. The van der Waals surface area contributed by atoms with Crippen molar-refractivity contribution in [2.45, 2.75) is 13.3 Å². The average Bonchev–Trinajstić information content (AvgIpc) is 3.17. The van der Waals surface area contributed by atoms with Gasteiger partial charge in [0, 0.05) is 50.2 Å². The third-order valence-corrected chi connectivity index (χ3v) is 6.52. The Morgan fingerprint density at radius 1 is 1.03 bits per heavy atom. The summed E-state index contributed by atoms with van der Waals surface area (Å²) in [6, 6.07) is 17.4. The molecule has 2 aromatic carbocycles. The van der Waals surface area contributed by atoms with E-state index in [1.165, 1.54) is 18.3 Å². The van der Waals surface area contributed by atoms with Crippen molar-refractivity contribution in [1.29, 1.82) is 0 Å². The molecule has 0 aliphatic carbocycles. The number of rotatable bonds is 6. The van der Waals surface area contributed by atoms with Gasteiger partial charge in [-0.05, 0) is 48.9 Å². The number of thiazole rings is 1. The van der Waals surface area contributed by atoms with Crippen molar-refractivity contribution >= 4 is 45.7 Å². The van der Waals surface area contributed by atoms with E-state index in [4.69, 9.17) is 4.74 Å². The molecule has 3 aromatic rings. The predicted molar refractivity (Wildman–Crippen MR) is 137 cm³/mol. The van der Waals surface area contributed by atoms with Crippen LogP contribution in [0.2, 0.25) is 0 Å². The minimum atomic E-state index is -0.113. The molecule has 1 aliphatic heterocycles. The van der Waals surface area contributed by atoms with Crippen LogP contribution < -0.4 is 14.5 Å². The molecule has 0 radical (unpaired) electrons. The Bertz CT molecular complexity index is 1140. The molecule has 2 heterocycles. The van der Waals surface area contributed by atoms with Crippen LogP contribution in [0.1, 0.15) is 19.0 Å². The molecule has 34 heavy (non-hydrogen) atoms. The molecule has 1 fully saturated rings. The van der Waals surface area contributed by atoms with E-state index in [2.05, 4.69) is 22.0 Å². The Balaban J connectivity index is 1.38. The molecule has 0 atom stereocenters. The van der Waals surface area contributed by atoms with Crippen LogP contribution in [0.25, 0.3) is 6.08 Å². The van der Waals surface area contributed by atoms with Gasteiger partial charge in [0.15, 0.2) is 5.13 Å². The Morgan fingerprint density at radius 3 is 2.50 bits per heavy atom. The molecule has 0 bridgehead atoms. The van der Waals surface area contributed by atoms with Crippen LogP contribution in [0.3, 0.4) is 0 Å². The van der Waals surface area contributed by atoms with Crippen molar-refractivity contribution in [3.8, 4) is 5.75 Å². The summed E-state index contributed by atoms with van der Waals surface area (Å²) in [5.41, 5.74) is 2.56. The molecule has 176 valence electrons. The highest BCUT2D eigenvalue weighted by Crippen LogP contribution is 2.29. The lowest BCUT2D eigenvalue weighted by atomic mass is 10.2. The lowest BCUT2D eigenvalue weighted by Gasteiger charge is -2.23. The molecule has 1 aromatic heterocycles. The van der Waals surface area contributed by atoms with Crippen LogP contribution >= 0.6 is 11.3 Å². The largest absolute Gasteiger partial charge is 0.497 e. The van der Waals surface area contributed by atoms with Crippen molar-refractivity contribution in [2.24, 2.45) is 0 Å². The highest BCUT2D eigenvalue weighted by molar-refractivity contribution is 7.14. The molecular formula is C26H28N4O3S. The summed E-state index contributed by atoms with van der Waals surface area (Å²) in [5.74, 6) is 0.691. The second-order valence-corrected chi connectivity index (χ2v) is 8.78. The van der Waals surface area contributed by atoms with Crippen LogP contribution in [0.5, 0.6) is 5.75 Å². The molecular weight excluding hydrogens is 448 g/mol. The monoisotopic (exact) mass is 476 g/mol. The highest BCUT2D eigenvalue weighted by atomic mass is 32.1. The summed E-state index contributed by atoms with van der Waals surface area (Å²) in [6.45, 7) is 4.56. The van der Waals surface area contributed by atoms with E-state index in [9.17, 15) is 9.59 Å². The van der Waals surface area contributed by atoms with E-state index < -0.39 is 0 Å². The minimum Gasteiger partial charge on any atom is -0.497 e. The number of amides is 2. The minimum absolute atomic E-state index is 0.0300. The van der Waals surface area contributed by atoms with Crippen LogP contribution in [0, 0.1) is 0 Å². The number of nitrogens with zero attached hydrogens (tertiary/aromatic N) is 4. The Labute approximate surface area is 203 Å². The van der Waals surface area contributed by atoms with Crippen LogP contribution in [0.15, 0.2) is 66.1 Å². The van der Waals surface area contributed by atoms with Gasteiger partial charge in [0.05, 0.1) is 18.5 Å². The van der Waals surface area contributed by atoms with E-state index in [1.807, 2.05) is 52.7 Å². The quantitative estimate of drug-likeness (QED) is 0.487. The standard InChI is InChI=1S/C26H28N4O3S/c1-20(31)30(23-7-4-3-5-8-23)26-27-21(19-34-26)9-14-25(32)29-16-6-15-28(17-18-29)22-10-12-24(33-2)13-11-22/h3-5,7-14,19H,6,15-18H2,1-2H3/b14-9+. The molecule has 8 heteroatoms. The van der Waals surface area contributed by atoms with Gasteiger partial charge in [-0.25, -0.2) is 4.98 Å². The number of benzene rings is 2. The van der Waals surface area contributed by atoms with Gasteiger partial charge >= 0.3 is 0 Å². The highest BCUT2D eigenvalue weighted by Gasteiger charge is 2.19. The number of ether oxygens (including phenoxy) is 1. The van der Waals surface area contributed by atoms with Crippen molar-refractivity contribution in [2.75, 3.05) is 43.1 Å². The fraction of sp³-hybridized carbons (Fsp3) is 0.269. The number of hydrogen-bond donors (Lipinski definition) is 0. The second kappa shape index (κ2) is 11.0. The summed E-state index contributed by atoms with van der Waals surface area (Å²) < 4.78 is 5.24. The first-order chi connectivity index (χ1) is 16.5. The van der Waals surface area contributed by atoms with Gasteiger partial charge in [-0.3, -0.25) is 14.5 Å².